The zero-order chi connectivity index (χ0) is 14.5. The maximum atomic E-state index is 5.93. The van der Waals surface area contributed by atoms with Gasteiger partial charge in [0.25, 0.3) is 0 Å². The van der Waals surface area contributed by atoms with Crippen LogP contribution in [-0.2, 0) is 6.54 Å². The van der Waals surface area contributed by atoms with Crippen LogP contribution in [-0.4, -0.2) is 16.1 Å². The Morgan fingerprint density at radius 1 is 1.15 bits per heavy atom. The Morgan fingerprint density at radius 3 is 2.45 bits per heavy atom. The standard InChI is InChI=1S/C17H25N3/c1-13(2)16(9-18)17-10-19-12-20(17)11-14(3)15-7-5-4-6-8-15/h4-8,10,12-14,16H,9,11,18H2,1-3H3. The van der Waals surface area contributed by atoms with Crippen molar-refractivity contribution in [1.82, 2.24) is 9.55 Å². The number of nitrogens with zero attached hydrogens (tertiary/aromatic N) is 2. The van der Waals surface area contributed by atoms with Crippen LogP contribution in [0.3, 0.4) is 0 Å². The van der Waals surface area contributed by atoms with Crippen molar-refractivity contribution in [2.75, 3.05) is 6.54 Å². The lowest BCUT2D eigenvalue weighted by Crippen LogP contribution is -2.21. The maximum Gasteiger partial charge on any atom is 0.0948 e. The van der Waals surface area contributed by atoms with Crippen LogP contribution in [0.15, 0.2) is 42.9 Å². The van der Waals surface area contributed by atoms with Gasteiger partial charge in [0, 0.05) is 30.9 Å². The van der Waals surface area contributed by atoms with Crippen molar-refractivity contribution in [2.24, 2.45) is 11.7 Å². The predicted octanol–water partition coefficient (Wildman–Crippen LogP) is 3.39. The molecule has 2 unspecified atom stereocenters. The lowest BCUT2D eigenvalue weighted by molar-refractivity contribution is 0.461. The molecule has 0 spiro atoms. The largest absolute Gasteiger partial charge is 0.334 e. The minimum absolute atomic E-state index is 0.375. The fraction of sp³-hybridized carbons (Fsp3) is 0.471. The van der Waals surface area contributed by atoms with Gasteiger partial charge in [0.1, 0.15) is 0 Å². The van der Waals surface area contributed by atoms with Gasteiger partial charge in [-0.1, -0.05) is 51.1 Å². The summed E-state index contributed by atoms with van der Waals surface area (Å²) in [6.45, 7) is 8.31. The lowest BCUT2D eigenvalue weighted by Gasteiger charge is -2.22. The number of benzene rings is 1. The molecule has 2 atom stereocenters. The van der Waals surface area contributed by atoms with E-state index in [0.29, 0.717) is 24.3 Å². The van der Waals surface area contributed by atoms with Gasteiger partial charge in [0.15, 0.2) is 0 Å². The Kier molecular flexibility index (Phi) is 4.96. The Balaban J connectivity index is 2.17. The molecular weight excluding hydrogens is 246 g/mol. The second-order valence-corrected chi connectivity index (χ2v) is 5.87. The van der Waals surface area contributed by atoms with Crippen LogP contribution in [0.2, 0.25) is 0 Å². The normalized spacial score (nSPS) is 14.4. The first-order valence-corrected chi connectivity index (χ1v) is 7.38. The second kappa shape index (κ2) is 6.71. The molecule has 0 aliphatic carbocycles. The Hall–Kier alpha value is -1.61. The van der Waals surface area contributed by atoms with Crippen molar-refractivity contribution in [3.8, 4) is 0 Å². The summed E-state index contributed by atoms with van der Waals surface area (Å²) in [7, 11) is 0. The molecule has 0 amide bonds. The number of imidazole rings is 1. The fourth-order valence-electron chi connectivity index (χ4n) is 2.71. The highest BCUT2D eigenvalue weighted by atomic mass is 15.1. The molecule has 0 saturated heterocycles. The number of hydrogen-bond donors (Lipinski definition) is 1. The predicted molar refractivity (Wildman–Crippen MR) is 83.7 cm³/mol. The molecule has 0 aliphatic rings. The third kappa shape index (κ3) is 3.28. The number of nitrogens with two attached hydrogens (primary N) is 1. The van der Waals surface area contributed by atoms with Crippen molar-refractivity contribution < 1.29 is 0 Å². The van der Waals surface area contributed by atoms with Gasteiger partial charge in [0.05, 0.1) is 6.33 Å². The zero-order valence-corrected chi connectivity index (χ0v) is 12.7. The summed E-state index contributed by atoms with van der Waals surface area (Å²) in [6, 6.07) is 10.6. The van der Waals surface area contributed by atoms with Crippen molar-refractivity contribution >= 4 is 0 Å². The molecule has 0 fully saturated rings. The molecule has 0 saturated carbocycles. The van der Waals surface area contributed by atoms with Gasteiger partial charge in [-0.2, -0.15) is 0 Å². The molecule has 0 bridgehead atoms. The van der Waals surface area contributed by atoms with Crippen LogP contribution in [0, 0.1) is 5.92 Å². The number of rotatable bonds is 6. The minimum Gasteiger partial charge on any atom is -0.334 e. The van der Waals surface area contributed by atoms with Gasteiger partial charge in [-0.15, -0.1) is 0 Å². The van der Waals surface area contributed by atoms with Gasteiger partial charge in [-0.25, -0.2) is 4.98 Å². The number of aromatic nitrogens is 2. The van der Waals surface area contributed by atoms with E-state index >= 15 is 0 Å². The molecule has 3 heteroatoms. The van der Waals surface area contributed by atoms with E-state index in [1.165, 1.54) is 11.3 Å². The summed E-state index contributed by atoms with van der Waals surface area (Å²) in [5.74, 6) is 1.37. The van der Waals surface area contributed by atoms with E-state index in [1.54, 1.807) is 0 Å². The Morgan fingerprint density at radius 2 is 1.85 bits per heavy atom. The summed E-state index contributed by atoms with van der Waals surface area (Å²) < 4.78 is 2.26. The van der Waals surface area contributed by atoms with Crippen LogP contribution in [0.5, 0.6) is 0 Å². The molecule has 0 aliphatic heterocycles. The smallest absolute Gasteiger partial charge is 0.0948 e. The van der Waals surface area contributed by atoms with Crippen molar-refractivity contribution in [2.45, 2.75) is 39.2 Å². The zero-order valence-electron chi connectivity index (χ0n) is 12.7. The summed E-state index contributed by atoms with van der Waals surface area (Å²) in [4.78, 5) is 4.33. The van der Waals surface area contributed by atoms with Gasteiger partial charge in [-0.3, -0.25) is 0 Å². The molecule has 20 heavy (non-hydrogen) atoms. The molecule has 3 nitrogen and oxygen atoms in total. The molecular formula is C17H25N3. The summed E-state index contributed by atoms with van der Waals surface area (Å²) in [6.07, 6.45) is 3.90. The van der Waals surface area contributed by atoms with E-state index in [2.05, 4.69) is 60.7 Å². The van der Waals surface area contributed by atoms with Crippen molar-refractivity contribution in [3.63, 3.8) is 0 Å². The van der Waals surface area contributed by atoms with Crippen LogP contribution in [0.1, 0.15) is 43.9 Å². The fourth-order valence-corrected chi connectivity index (χ4v) is 2.71. The summed E-state index contributed by atoms with van der Waals surface area (Å²) in [5, 5.41) is 0. The van der Waals surface area contributed by atoms with Gasteiger partial charge < -0.3 is 10.3 Å². The van der Waals surface area contributed by atoms with E-state index < -0.39 is 0 Å². The average molecular weight is 271 g/mol. The first kappa shape index (κ1) is 14.8. The first-order valence-electron chi connectivity index (χ1n) is 7.38. The SMILES string of the molecule is CC(Cn1cncc1C(CN)C(C)C)c1ccccc1. The van der Waals surface area contributed by atoms with Crippen molar-refractivity contribution in [1.29, 1.82) is 0 Å². The van der Waals surface area contributed by atoms with Crippen molar-refractivity contribution in [3.05, 3.63) is 54.1 Å². The molecule has 2 rings (SSSR count). The molecule has 2 N–H and O–H groups in total. The highest BCUT2D eigenvalue weighted by Gasteiger charge is 2.19. The summed E-state index contributed by atoms with van der Waals surface area (Å²) >= 11 is 0. The van der Waals surface area contributed by atoms with E-state index in [0.717, 1.165) is 6.54 Å². The van der Waals surface area contributed by atoms with Crippen LogP contribution in [0.25, 0.3) is 0 Å². The number of hydrogen-bond acceptors (Lipinski definition) is 2. The molecule has 0 radical (unpaired) electrons. The van der Waals surface area contributed by atoms with E-state index in [4.69, 9.17) is 5.73 Å². The molecule has 1 aromatic carbocycles. The molecule has 1 aromatic heterocycles. The van der Waals surface area contributed by atoms with Crippen LogP contribution >= 0.6 is 0 Å². The van der Waals surface area contributed by atoms with Gasteiger partial charge in [-0.05, 0) is 17.4 Å². The second-order valence-electron chi connectivity index (χ2n) is 5.87. The Bertz CT molecular complexity index is 516. The topological polar surface area (TPSA) is 43.8 Å². The monoisotopic (exact) mass is 271 g/mol. The minimum atomic E-state index is 0.375. The highest BCUT2D eigenvalue weighted by Crippen LogP contribution is 2.25. The highest BCUT2D eigenvalue weighted by molar-refractivity contribution is 5.19. The molecule has 2 aromatic rings. The Labute approximate surface area is 121 Å². The molecule has 1 heterocycles. The van der Waals surface area contributed by atoms with Crippen LogP contribution < -0.4 is 5.73 Å². The van der Waals surface area contributed by atoms with Gasteiger partial charge >= 0.3 is 0 Å². The van der Waals surface area contributed by atoms with Crippen LogP contribution in [0.4, 0.5) is 0 Å². The third-order valence-electron chi connectivity index (χ3n) is 4.02. The summed E-state index contributed by atoms with van der Waals surface area (Å²) in [5.41, 5.74) is 8.55. The lowest BCUT2D eigenvalue weighted by atomic mass is 9.92. The van der Waals surface area contributed by atoms with E-state index in [-0.39, 0.29) is 0 Å². The van der Waals surface area contributed by atoms with Gasteiger partial charge in [0.2, 0.25) is 0 Å². The first-order chi connectivity index (χ1) is 9.63. The van der Waals surface area contributed by atoms with E-state index in [9.17, 15) is 0 Å². The average Bonchev–Trinajstić information content (AvgIpc) is 2.88. The third-order valence-corrected chi connectivity index (χ3v) is 4.02. The van der Waals surface area contributed by atoms with E-state index in [1.807, 2.05) is 12.5 Å². The molecule has 108 valence electrons. The quantitative estimate of drug-likeness (QED) is 0.875. The maximum absolute atomic E-state index is 5.93.